The number of H-pyrrole nitrogens is 1. The Balaban J connectivity index is 0.921. The van der Waals surface area contributed by atoms with Gasteiger partial charge in [0, 0.05) is 72.5 Å². The van der Waals surface area contributed by atoms with Gasteiger partial charge in [0.15, 0.2) is 0 Å². The minimum absolute atomic E-state index is 0.0568. The largest absolute Gasteiger partial charge is 0.399 e. The summed E-state index contributed by atoms with van der Waals surface area (Å²) in [7, 11) is -4.08. The topological polar surface area (TPSA) is 294 Å². The van der Waals surface area contributed by atoms with E-state index in [2.05, 4.69) is 38.1 Å². The number of alkyl halides is 2. The minimum atomic E-state index is -5.85. The number of imide groups is 1. The first-order valence-electron chi connectivity index (χ1n) is 22.7. The van der Waals surface area contributed by atoms with Crippen LogP contribution >= 0.6 is 7.60 Å². The van der Waals surface area contributed by atoms with Crippen LogP contribution in [0.5, 0.6) is 0 Å². The van der Waals surface area contributed by atoms with Crippen LogP contribution in [0.1, 0.15) is 108 Å². The highest BCUT2D eigenvalue weighted by Gasteiger charge is 2.51. The Hall–Kier alpha value is -6.53. The Bertz CT molecular complexity index is 2680. The van der Waals surface area contributed by atoms with Crippen LogP contribution in [0.3, 0.4) is 0 Å². The van der Waals surface area contributed by atoms with Crippen molar-refractivity contribution in [3.05, 3.63) is 70.4 Å². The van der Waals surface area contributed by atoms with Crippen molar-refractivity contribution < 1.29 is 61.5 Å². The average Bonchev–Trinajstić information content (AvgIpc) is 4.02. The maximum Gasteiger partial charge on any atom is 0.399 e. The molecule has 1 unspecified atom stereocenters. The summed E-state index contributed by atoms with van der Waals surface area (Å²) in [6.07, 6.45) is 3.82. The number of aromatic amines is 1. The first kappa shape index (κ1) is 50.3. The van der Waals surface area contributed by atoms with Gasteiger partial charge in [0.1, 0.15) is 29.9 Å². The van der Waals surface area contributed by atoms with Crippen molar-refractivity contribution in [1.82, 2.24) is 41.0 Å². The molecule has 9 N–H and O–H groups in total. The van der Waals surface area contributed by atoms with E-state index in [1.54, 1.807) is 19.2 Å². The van der Waals surface area contributed by atoms with Gasteiger partial charge in [0.25, 0.3) is 11.8 Å². The summed E-state index contributed by atoms with van der Waals surface area (Å²) in [5.41, 5.74) is 1.98. The Kier molecular flexibility index (Phi) is 15.3. The third-order valence-electron chi connectivity index (χ3n) is 13.0. The molecule has 0 aliphatic carbocycles. The zero-order valence-electron chi connectivity index (χ0n) is 37.7. The number of carbonyl (C=O) groups excluding carboxylic acids is 8. The van der Waals surface area contributed by atoms with Crippen molar-refractivity contribution in [3.63, 3.8) is 0 Å². The Morgan fingerprint density at radius 1 is 1.01 bits per heavy atom. The number of amides is 8. The fourth-order valence-corrected chi connectivity index (χ4v) is 9.75. The number of benzene rings is 2. The second-order valence-corrected chi connectivity index (χ2v) is 19.5. The summed E-state index contributed by atoms with van der Waals surface area (Å²) < 4.78 is 40.3. The number of nitrogens with two attached hydrogens (primary N) is 1. The smallest absolute Gasteiger partial charge is 0.370 e. The van der Waals surface area contributed by atoms with Crippen molar-refractivity contribution >= 4 is 65.8 Å². The van der Waals surface area contributed by atoms with Crippen molar-refractivity contribution in [2.24, 2.45) is 5.73 Å². The summed E-state index contributed by atoms with van der Waals surface area (Å²) in [5, 5.41) is 10.6. The molecule has 3 saturated heterocycles. The summed E-state index contributed by atoms with van der Waals surface area (Å²) in [5.74, 6) is 1.97. The number of likely N-dealkylation sites (N-methyl/N-ethyl adjacent to an activating group) is 1. The number of primary amides is 1. The van der Waals surface area contributed by atoms with Crippen molar-refractivity contribution in [3.8, 4) is 11.8 Å². The molecular weight excluding hydrogens is 924 g/mol. The van der Waals surface area contributed by atoms with Gasteiger partial charge < -0.3 is 51.2 Å². The van der Waals surface area contributed by atoms with Crippen molar-refractivity contribution in [2.45, 2.75) is 113 Å². The third-order valence-corrected chi connectivity index (χ3v) is 14.0. The number of nitrogens with one attached hydrogen (secondary N) is 5. The minimum Gasteiger partial charge on any atom is -0.370 e. The molecular formula is C46H54F2N9O11P. The Labute approximate surface area is 395 Å². The van der Waals surface area contributed by atoms with E-state index >= 15 is 0 Å². The molecule has 7 rings (SSSR count). The molecule has 3 fully saturated rings. The number of unbranched alkanes of at least 4 members (excludes halogenated alkanes) is 3. The second-order valence-electron chi connectivity index (χ2n) is 17.8. The summed E-state index contributed by atoms with van der Waals surface area (Å²) in [4.78, 5) is 130. The maximum atomic E-state index is 14.4. The molecule has 2 aromatic carbocycles. The number of aromatic nitrogens is 1. The van der Waals surface area contributed by atoms with E-state index in [1.807, 2.05) is 11.0 Å². The molecule has 0 spiro atoms. The van der Waals surface area contributed by atoms with Crippen LogP contribution in [0.4, 0.5) is 8.78 Å². The quantitative estimate of drug-likeness (QED) is 0.0438. The Morgan fingerprint density at radius 2 is 1.80 bits per heavy atom. The number of piperidine rings is 1. The summed E-state index contributed by atoms with van der Waals surface area (Å²) >= 11 is 0. The molecule has 0 bridgehead atoms. The first-order chi connectivity index (χ1) is 32.7. The van der Waals surface area contributed by atoms with Gasteiger partial charge in [-0.3, -0.25) is 48.2 Å². The van der Waals surface area contributed by atoms with Crippen molar-refractivity contribution in [2.75, 3.05) is 26.7 Å². The van der Waals surface area contributed by atoms with Gasteiger partial charge >= 0.3 is 13.3 Å². The molecule has 368 valence electrons. The lowest BCUT2D eigenvalue weighted by molar-refractivity contribution is -0.144. The fourth-order valence-electron chi connectivity index (χ4n) is 9.28. The number of hydrogen-bond acceptors (Lipinski definition) is 10. The van der Waals surface area contributed by atoms with E-state index in [1.165, 1.54) is 15.9 Å². The molecule has 5 atom stereocenters. The van der Waals surface area contributed by atoms with E-state index < -0.39 is 78.4 Å². The van der Waals surface area contributed by atoms with Crippen LogP contribution < -0.4 is 27.0 Å². The molecule has 0 radical (unpaired) electrons. The fraction of sp³-hybridized carbons (Fsp3) is 0.478. The predicted molar refractivity (Wildman–Crippen MR) is 242 cm³/mol. The number of rotatable bonds is 16. The summed E-state index contributed by atoms with van der Waals surface area (Å²) in [6, 6.07) is 4.86. The maximum absolute atomic E-state index is 14.4. The average molecular weight is 978 g/mol. The van der Waals surface area contributed by atoms with Crippen LogP contribution in [-0.2, 0) is 45.5 Å². The van der Waals surface area contributed by atoms with Gasteiger partial charge in [-0.2, -0.15) is 8.78 Å². The zero-order valence-corrected chi connectivity index (χ0v) is 38.6. The van der Waals surface area contributed by atoms with E-state index in [0.717, 1.165) is 23.8 Å². The van der Waals surface area contributed by atoms with Gasteiger partial charge in [-0.25, -0.2) is 0 Å². The number of fused-ring (bicyclic) bond motifs is 3. The van der Waals surface area contributed by atoms with Gasteiger partial charge in [-0.15, -0.1) is 0 Å². The number of nitrogens with zero attached hydrogens (tertiary/aromatic N) is 3. The molecule has 0 saturated carbocycles. The SMILES string of the molecule is CN1CC[C@H]2CC[C@@H](C(=O)N[C@@H](CCC(N)=O)C(=O)NCCCCCC#Cc3cccc4c3CN(C3CCC(=O)NC3=O)C4=O)N2C(=O)[C@@H](NC(=O)c2cc3cc(C(F)(F)P(=O)(O)O)ccc3[nH]2)C1. The highest BCUT2D eigenvalue weighted by molar-refractivity contribution is 7.52. The van der Waals surface area contributed by atoms with Crippen LogP contribution in [0.25, 0.3) is 10.9 Å². The lowest BCUT2D eigenvalue weighted by Gasteiger charge is -2.37. The molecule has 4 aliphatic heterocycles. The number of halogens is 2. The van der Waals surface area contributed by atoms with E-state index in [-0.39, 0.29) is 86.2 Å². The lowest BCUT2D eigenvalue weighted by Crippen LogP contribution is -2.61. The lowest BCUT2D eigenvalue weighted by atomic mass is 10.0. The second kappa shape index (κ2) is 21.0. The molecule has 3 aromatic rings. The molecule has 23 heteroatoms. The highest BCUT2D eigenvalue weighted by atomic mass is 31.2. The molecule has 4 aliphatic rings. The Morgan fingerprint density at radius 3 is 2.54 bits per heavy atom. The van der Waals surface area contributed by atoms with E-state index in [9.17, 15) is 61.5 Å². The van der Waals surface area contributed by atoms with Crippen LogP contribution in [0.2, 0.25) is 0 Å². The molecule has 1 aromatic heterocycles. The van der Waals surface area contributed by atoms with Crippen LogP contribution in [-0.4, -0.2) is 134 Å². The molecule has 8 amide bonds. The molecule has 5 heterocycles. The normalized spacial score (nSPS) is 21.3. The van der Waals surface area contributed by atoms with Crippen LogP contribution in [0.15, 0.2) is 42.5 Å². The van der Waals surface area contributed by atoms with Gasteiger partial charge in [-0.05, 0) is 94.4 Å². The van der Waals surface area contributed by atoms with Gasteiger partial charge in [-0.1, -0.05) is 30.4 Å². The van der Waals surface area contributed by atoms with Crippen LogP contribution in [0, 0.1) is 11.8 Å². The molecule has 69 heavy (non-hydrogen) atoms. The molecule has 20 nitrogen and oxygen atoms in total. The summed E-state index contributed by atoms with van der Waals surface area (Å²) in [6.45, 7) is 1.03. The van der Waals surface area contributed by atoms with Crippen molar-refractivity contribution in [1.29, 1.82) is 0 Å². The van der Waals surface area contributed by atoms with Gasteiger partial charge in [0.2, 0.25) is 35.4 Å². The highest BCUT2D eigenvalue weighted by Crippen LogP contribution is 2.59. The zero-order chi connectivity index (χ0) is 49.8. The monoisotopic (exact) mass is 977 g/mol. The predicted octanol–water partition coefficient (Wildman–Crippen LogP) is 1.43. The number of carbonyl (C=O) groups is 8. The standard InChI is InChI=1S/C46H54F2N9O11P/c1-55-21-19-29-12-15-37(57(29)45(65)35(25-55)53-41(61)34-23-27-22-28(11-13-32(27)51-34)46(47,48)69(66,67)68)43(63)52-33(14-17-38(49)58)40(60)50-20-6-4-2-3-5-8-26-9-7-10-30-31(26)24-56(44(30)64)36-16-18-39(59)54-42(36)62/h7,9-11,13,22-23,29,33,35-37,51H,2-4,6,12,14-21,24-25H2,1H3,(H2,49,58)(H,50,60)(H,52,63)(H,53,61)(H,54,59,62)(H2,66,67,68)/t29-,33+,35+,36?,37+/m1/s1. The van der Waals surface area contributed by atoms with E-state index in [0.29, 0.717) is 56.2 Å². The first-order valence-corrected chi connectivity index (χ1v) is 24.3. The van der Waals surface area contributed by atoms with E-state index in [4.69, 9.17) is 5.73 Å². The van der Waals surface area contributed by atoms with Gasteiger partial charge in [0.05, 0.1) is 0 Å². The number of hydrogen-bond donors (Lipinski definition) is 8. The third kappa shape index (κ3) is 11.3.